The van der Waals surface area contributed by atoms with Crippen LogP contribution >= 0.6 is 27.0 Å². The van der Waals surface area contributed by atoms with Gasteiger partial charge in [-0.1, -0.05) is 36.4 Å². The highest BCUT2D eigenvalue weighted by molar-refractivity contribution is 7.59. The Balaban J connectivity index is 0.00000243. The molecule has 2 saturated heterocycles. The topological polar surface area (TPSA) is 116 Å². The molecule has 12 heteroatoms. The Morgan fingerprint density at radius 1 is 0.620 bits per heavy atom. The van der Waals surface area contributed by atoms with Crippen molar-refractivity contribution >= 4 is 61.2 Å². The Labute approximate surface area is 307 Å². The highest BCUT2D eigenvalue weighted by Gasteiger charge is 2.36. The van der Waals surface area contributed by atoms with Crippen molar-refractivity contribution < 1.29 is 19.1 Å². The van der Waals surface area contributed by atoms with E-state index >= 15 is 0 Å². The van der Waals surface area contributed by atoms with E-state index in [0.717, 1.165) is 81.7 Å². The van der Waals surface area contributed by atoms with Gasteiger partial charge in [-0.25, -0.2) is 19.6 Å². The summed E-state index contributed by atoms with van der Waals surface area (Å²) in [5, 5.41) is 0. The van der Waals surface area contributed by atoms with Crippen molar-refractivity contribution in [3.63, 3.8) is 0 Å². The number of hydrogen-bond acceptors (Lipinski definition) is 6. The molecule has 266 valence electrons. The number of carbonyl (C=O) groups excluding carboxylic acids is 2. The summed E-state index contributed by atoms with van der Waals surface area (Å²) in [6.45, 7) is 12.7. The van der Waals surface area contributed by atoms with Gasteiger partial charge in [0.15, 0.2) is 0 Å². The first-order chi connectivity index (χ1) is 22.8. The number of fused-ring (bicyclic) bond motifs is 2. The Morgan fingerprint density at radius 2 is 0.980 bits per heavy atom. The van der Waals surface area contributed by atoms with Gasteiger partial charge in [0, 0.05) is 13.1 Å². The zero-order chi connectivity index (χ0) is 33.8. The molecule has 5 aromatic rings. The molecule has 7 rings (SSSR count). The minimum absolute atomic E-state index is 0. The second-order valence-electron chi connectivity index (χ2n) is 14.9. The van der Waals surface area contributed by atoms with Crippen molar-refractivity contribution in [2.75, 3.05) is 13.1 Å². The van der Waals surface area contributed by atoms with Crippen molar-refractivity contribution in [3.8, 4) is 22.3 Å². The largest absolute Gasteiger partial charge is 0.444 e. The van der Waals surface area contributed by atoms with Crippen LogP contribution in [0.5, 0.6) is 0 Å². The highest BCUT2D eigenvalue weighted by Crippen LogP contribution is 2.36. The normalized spacial score (nSPS) is 17.9. The molecule has 3 aromatic carbocycles. The van der Waals surface area contributed by atoms with Crippen LogP contribution < -0.4 is 0 Å². The fraction of sp³-hybridized carbons (Fsp3) is 0.421. The minimum Gasteiger partial charge on any atom is -0.444 e. The number of hydrogen-bond donors (Lipinski definition) is 2. The van der Waals surface area contributed by atoms with E-state index in [1.54, 1.807) is 9.80 Å². The van der Waals surface area contributed by atoms with Crippen LogP contribution in [0.2, 0.25) is 0 Å². The maximum atomic E-state index is 12.9. The lowest BCUT2D eigenvalue weighted by Crippen LogP contribution is -2.36. The summed E-state index contributed by atoms with van der Waals surface area (Å²) in [7, 11) is 0. The van der Waals surface area contributed by atoms with E-state index in [-0.39, 0.29) is 51.3 Å². The Kier molecular flexibility index (Phi) is 10.6. The average Bonchev–Trinajstić information content (AvgIpc) is 3.83. The van der Waals surface area contributed by atoms with Crippen molar-refractivity contribution in [3.05, 3.63) is 72.3 Å². The third-order valence-corrected chi connectivity index (χ3v) is 8.94. The van der Waals surface area contributed by atoms with Gasteiger partial charge in [0.2, 0.25) is 0 Å². The minimum atomic E-state index is -0.542. The zero-order valence-electron chi connectivity index (χ0n) is 29.6. The Morgan fingerprint density at radius 3 is 1.34 bits per heavy atom. The molecule has 2 atom stereocenters. The van der Waals surface area contributed by atoms with Crippen molar-refractivity contribution in [2.45, 2.75) is 90.5 Å². The lowest BCUT2D eigenvalue weighted by atomic mass is 10.00. The number of aromatic amines is 2. The SMILES string of the molecule is CC(C)(C)OC(=O)N1CCC[C@H]1c1nc2ccc(-c3ccc(-c4ccc5nc([C@@H]6CCCN6C(=O)OC(C)(C)C)[nH]c5c4)cc3)cc2[nH]1.S.S. The second-order valence-corrected chi connectivity index (χ2v) is 14.9. The number of imidazole rings is 2. The molecule has 2 aliphatic heterocycles. The second kappa shape index (κ2) is 14.2. The van der Waals surface area contributed by atoms with E-state index in [4.69, 9.17) is 19.4 Å². The molecule has 0 spiro atoms. The van der Waals surface area contributed by atoms with Gasteiger partial charge in [0.05, 0.1) is 34.2 Å². The number of carbonyl (C=O) groups is 2. The fourth-order valence-electron chi connectivity index (χ4n) is 6.77. The van der Waals surface area contributed by atoms with E-state index in [1.807, 2.05) is 53.7 Å². The first kappa shape index (κ1) is 37.1. The van der Waals surface area contributed by atoms with Crippen LogP contribution in [0.15, 0.2) is 60.7 Å². The van der Waals surface area contributed by atoms with E-state index in [1.165, 1.54) is 0 Å². The molecule has 10 nitrogen and oxygen atoms in total. The molecule has 0 bridgehead atoms. The number of nitrogens with one attached hydrogen (secondary N) is 2. The summed E-state index contributed by atoms with van der Waals surface area (Å²) in [5.74, 6) is 1.59. The van der Waals surface area contributed by atoms with Crippen molar-refractivity contribution in [2.24, 2.45) is 0 Å². The number of likely N-dealkylation sites (tertiary alicyclic amines) is 2. The van der Waals surface area contributed by atoms with Crippen LogP contribution in [0.3, 0.4) is 0 Å². The first-order valence-electron chi connectivity index (χ1n) is 16.9. The molecule has 2 fully saturated rings. The molecular weight excluding hydrogens is 669 g/mol. The number of nitrogens with zero attached hydrogens (tertiary/aromatic N) is 4. The molecule has 50 heavy (non-hydrogen) atoms. The van der Waals surface area contributed by atoms with Gasteiger partial charge in [-0.3, -0.25) is 9.80 Å². The standard InChI is InChI=1S/C38H44N6O4.2H2S/c1-37(2,3)47-35(45)43-19-7-9-31(43)33-39-27-17-15-25(21-29(27)41-33)23-11-13-24(14-12-23)26-16-18-28-30(22-26)42-34(40-28)32-10-8-20-44(32)36(46)48-38(4,5)6;;/h11-18,21-22,31-32H,7-10,19-20H2,1-6H3,(H,39,41)(H,40,42);2*1H2/t31-,32-;;/m0../s1. The molecule has 2 amide bonds. The summed E-state index contributed by atoms with van der Waals surface area (Å²) in [4.78, 5) is 46.0. The lowest BCUT2D eigenvalue weighted by Gasteiger charge is -2.27. The molecule has 4 heterocycles. The summed E-state index contributed by atoms with van der Waals surface area (Å²) in [6.07, 6.45) is 2.95. The molecule has 0 aliphatic carbocycles. The number of ether oxygens (including phenoxy) is 2. The monoisotopic (exact) mass is 716 g/mol. The van der Waals surface area contributed by atoms with Gasteiger partial charge in [-0.2, -0.15) is 27.0 Å². The molecule has 0 unspecified atom stereocenters. The van der Waals surface area contributed by atoms with E-state index in [2.05, 4.69) is 58.5 Å². The number of H-pyrrole nitrogens is 2. The van der Waals surface area contributed by atoms with Gasteiger partial charge in [-0.15, -0.1) is 0 Å². The Bertz CT molecular complexity index is 1850. The Hall–Kier alpha value is -4.16. The summed E-state index contributed by atoms with van der Waals surface area (Å²) < 4.78 is 11.3. The third kappa shape index (κ3) is 7.76. The summed E-state index contributed by atoms with van der Waals surface area (Å²) in [6, 6.07) is 20.8. The number of aromatic nitrogens is 4. The zero-order valence-corrected chi connectivity index (χ0v) is 31.6. The van der Waals surface area contributed by atoms with Gasteiger partial charge < -0.3 is 19.4 Å². The van der Waals surface area contributed by atoms with E-state index in [9.17, 15) is 9.59 Å². The van der Waals surface area contributed by atoms with E-state index < -0.39 is 11.2 Å². The van der Waals surface area contributed by atoms with Crippen LogP contribution in [0.1, 0.15) is 91.0 Å². The maximum absolute atomic E-state index is 12.9. The van der Waals surface area contributed by atoms with Crippen LogP contribution in [-0.2, 0) is 9.47 Å². The fourth-order valence-corrected chi connectivity index (χ4v) is 6.77. The van der Waals surface area contributed by atoms with E-state index in [0.29, 0.717) is 13.1 Å². The first-order valence-corrected chi connectivity index (χ1v) is 16.9. The van der Waals surface area contributed by atoms with Gasteiger partial charge >= 0.3 is 12.2 Å². The van der Waals surface area contributed by atoms with Gasteiger partial charge in [-0.05, 0) is 114 Å². The molecule has 2 N–H and O–H groups in total. The molecule has 2 aromatic heterocycles. The summed E-state index contributed by atoms with van der Waals surface area (Å²) in [5.41, 5.74) is 6.91. The number of amides is 2. The molecule has 0 radical (unpaired) electrons. The third-order valence-electron chi connectivity index (χ3n) is 8.94. The highest BCUT2D eigenvalue weighted by atomic mass is 32.1. The predicted molar refractivity (Wildman–Crippen MR) is 207 cm³/mol. The molecule has 0 saturated carbocycles. The van der Waals surface area contributed by atoms with Crippen LogP contribution in [0, 0.1) is 0 Å². The maximum Gasteiger partial charge on any atom is 0.410 e. The van der Waals surface area contributed by atoms with Crippen molar-refractivity contribution in [1.29, 1.82) is 0 Å². The molecule has 2 aliphatic rings. The van der Waals surface area contributed by atoms with Crippen molar-refractivity contribution in [1.82, 2.24) is 29.7 Å². The van der Waals surface area contributed by atoms with Gasteiger partial charge in [0.1, 0.15) is 22.9 Å². The number of benzene rings is 3. The number of rotatable bonds is 4. The van der Waals surface area contributed by atoms with Crippen LogP contribution in [-0.4, -0.2) is 66.2 Å². The van der Waals surface area contributed by atoms with Gasteiger partial charge in [0.25, 0.3) is 0 Å². The van der Waals surface area contributed by atoms with Crippen LogP contribution in [0.25, 0.3) is 44.3 Å². The summed E-state index contributed by atoms with van der Waals surface area (Å²) >= 11 is 0. The average molecular weight is 717 g/mol. The predicted octanol–water partition coefficient (Wildman–Crippen LogP) is 9.14. The smallest absolute Gasteiger partial charge is 0.410 e. The quantitative estimate of drug-likeness (QED) is 0.192. The lowest BCUT2D eigenvalue weighted by molar-refractivity contribution is 0.0208. The molecular formula is C38H48N6O4S2. The van der Waals surface area contributed by atoms with Crippen LogP contribution in [0.4, 0.5) is 9.59 Å².